The summed E-state index contributed by atoms with van der Waals surface area (Å²) in [5, 5.41) is 11.6. The van der Waals surface area contributed by atoms with Crippen molar-refractivity contribution in [2.45, 2.75) is 13.8 Å². The van der Waals surface area contributed by atoms with Crippen LogP contribution in [0.2, 0.25) is 5.02 Å². The Bertz CT molecular complexity index is 841. The minimum atomic E-state index is -0.422. The number of carbonyl (C=O) groups excluding carboxylic acids is 1. The number of hydrogen-bond acceptors (Lipinski definition) is 4. The number of nitro benzene ring substituents is 1. The van der Waals surface area contributed by atoms with E-state index >= 15 is 0 Å². The van der Waals surface area contributed by atoms with Crippen LogP contribution >= 0.6 is 11.6 Å². The first kappa shape index (κ1) is 18.2. The molecule has 136 valence electrons. The summed E-state index contributed by atoms with van der Waals surface area (Å²) in [6.07, 6.45) is 0. The molecule has 1 heterocycles. The van der Waals surface area contributed by atoms with E-state index in [-0.39, 0.29) is 11.6 Å². The minimum Gasteiger partial charge on any atom is -0.361 e. The average molecular weight is 374 g/mol. The van der Waals surface area contributed by atoms with Gasteiger partial charge in [-0.3, -0.25) is 14.9 Å². The van der Waals surface area contributed by atoms with Gasteiger partial charge in [-0.15, -0.1) is 0 Å². The van der Waals surface area contributed by atoms with Crippen LogP contribution in [0.4, 0.5) is 11.4 Å². The summed E-state index contributed by atoms with van der Waals surface area (Å²) in [4.78, 5) is 27.3. The van der Waals surface area contributed by atoms with Gasteiger partial charge in [0.1, 0.15) is 5.69 Å². The molecule has 26 heavy (non-hydrogen) atoms. The molecule has 0 aliphatic carbocycles. The monoisotopic (exact) mass is 373 g/mol. The smallest absolute Gasteiger partial charge is 0.294 e. The quantitative estimate of drug-likeness (QED) is 0.605. The molecule has 0 saturated carbocycles. The molecule has 6 nitrogen and oxygen atoms in total. The lowest BCUT2D eigenvalue weighted by molar-refractivity contribution is -0.384. The van der Waals surface area contributed by atoms with E-state index in [0.717, 1.165) is 11.1 Å². The maximum atomic E-state index is 12.8. The molecule has 0 radical (unpaired) electrons. The lowest BCUT2D eigenvalue weighted by Crippen LogP contribution is -2.49. The number of anilines is 1. The molecule has 0 spiro atoms. The number of nitro groups is 1. The van der Waals surface area contributed by atoms with Gasteiger partial charge in [-0.2, -0.15) is 0 Å². The zero-order valence-corrected chi connectivity index (χ0v) is 15.5. The first-order valence-corrected chi connectivity index (χ1v) is 8.80. The van der Waals surface area contributed by atoms with E-state index in [4.69, 9.17) is 11.6 Å². The molecule has 7 heteroatoms. The third kappa shape index (κ3) is 3.65. The highest BCUT2D eigenvalue weighted by Gasteiger charge is 2.28. The topological polar surface area (TPSA) is 66.7 Å². The summed E-state index contributed by atoms with van der Waals surface area (Å²) in [5.74, 6) is -0.00916. The second-order valence-corrected chi connectivity index (χ2v) is 6.93. The van der Waals surface area contributed by atoms with Crippen LogP contribution in [0.1, 0.15) is 21.5 Å². The molecule has 1 aliphatic rings. The molecular weight excluding hydrogens is 354 g/mol. The summed E-state index contributed by atoms with van der Waals surface area (Å²) in [7, 11) is 0. The number of halogens is 1. The number of para-hydroxylation sites is 1. The molecule has 3 rings (SSSR count). The van der Waals surface area contributed by atoms with Crippen molar-refractivity contribution in [3.63, 3.8) is 0 Å². The van der Waals surface area contributed by atoms with Crippen molar-refractivity contribution in [2.24, 2.45) is 0 Å². The van der Waals surface area contributed by atoms with Crippen molar-refractivity contribution in [2.75, 3.05) is 31.1 Å². The van der Waals surface area contributed by atoms with E-state index < -0.39 is 4.92 Å². The van der Waals surface area contributed by atoms with Crippen LogP contribution in [-0.4, -0.2) is 41.9 Å². The van der Waals surface area contributed by atoms with Gasteiger partial charge in [0.2, 0.25) is 0 Å². The maximum absolute atomic E-state index is 12.8. The summed E-state index contributed by atoms with van der Waals surface area (Å²) in [6.45, 7) is 5.93. The number of piperazine rings is 1. The van der Waals surface area contributed by atoms with Crippen LogP contribution in [0.15, 0.2) is 36.4 Å². The first-order valence-electron chi connectivity index (χ1n) is 8.42. The SMILES string of the molecule is Cc1cc(C)cc(C(=O)N2CCN(c3c(Cl)cccc3[N+](=O)[O-])CC2)c1. The van der Waals surface area contributed by atoms with E-state index in [1.165, 1.54) is 6.07 Å². The summed E-state index contributed by atoms with van der Waals surface area (Å²) >= 11 is 6.21. The highest BCUT2D eigenvalue weighted by molar-refractivity contribution is 6.33. The molecule has 1 fully saturated rings. The van der Waals surface area contributed by atoms with Crippen molar-refractivity contribution in [1.29, 1.82) is 0 Å². The Kier molecular flexibility index (Phi) is 5.13. The second kappa shape index (κ2) is 7.33. The van der Waals surface area contributed by atoms with Crippen molar-refractivity contribution in [3.05, 3.63) is 68.2 Å². The predicted octanol–water partition coefficient (Wildman–Crippen LogP) is 3.83. The average Bonchev–Trinajstić information content (AvgIpc) is 2.60. The molecule has 0 N–H and O–H groups in total. The van der Waals surface area contributed by atoms with Gasteiger partial charge >= 0.3 is 0 Å². The van der Waals surface area contributed by atoms with Crippen LogP contribution < -0.4 is 4.90 Å². The largest absolute Gasteiger partial charge is 0.361 e. The fourth-order valence-corrected chi connectivity index (χ4v) is 3.67. The number of rotatable bonds is 3. The molecule has 0 atom stereocenters. The van der Waals surface area contributed by atoms with Gasteiger partial charge in [-0.25, -0.2) is 0 Å². The Labute approximate surface area is 157 Å². The van der Waals surface area contributed by atoms with Gasteiger partial charge in [0.25, 0.3) is 11.6 Å². The Hall–Kier alpha value is -2.60. The second-order valence-electron chi connectivity index (χ2n) is 6.52. The normalized spacial score (nSPS) is 14.4. The van der Waals surface area contributed by atoms with E-state index in [0.29, 0.717) is 42.5 Å². The van der Waals surface area contributed by atoms with Gasteiger partial charge in [0.05, 0.1) is 9.95 Å². The number of hydrogen-bond donors (Lipinski definition) is 0. The predicted molar refractivity (Wildman–Crippen MR) is 102 cm³/mol. The number of aryl methyl sites for hydroxylation is 2. The highest BCUT2D eigenvalue weighted by Crippen LogP contribution is 2.35. The Morgan fingerprint density at radius 2 is 1.69 bits per heavy atom. The number of carbonyl (C=O) groups is 1. The van der Waals surface area contributed by atoms with Crippen molar-refractivity contribution in [3.8, 4) is 0 Å². The van der Waals surface area contributed by atoms with Crippen LogP contribution in [0.25, 0.3) is 0 Å². The van der Waals surface area contributed by atoms with E-state index in [1.807, 2.05) is 36.9 Å². The lowest BCUT2D eigenvalue weighted by Gasteiger charge is -2.36. The number of nitrogens with zero attached hydrogens (tertiary/aromatic N) is 3. The summed E-state index contributed by atoms with van der Waals surface area (Å²) < 4.78 is 0. The molecule has 1 aliphatic heterocycles. The van der Waals surface area contributed by atoms with Gasteiger partial charge in [0.15, 0.2) is 0 Å². The third-order valence-corrected chi connectivity index (χ3v) is 4.82. The Balaban J connectivity index is 1.76. The van der Waals surface area contributed by atoms with Crippen molar-refractivity contribution in [1.82, 2.24) is 4.90 Å². The first-order chi connectivity index (χ1) is 12.4. The Morgan fingerprint density at radius 3 is 2.27 bits per heavy atom. The lowest BCUT2D eigenvalue weighted by atomic mass is 10.1. The zero-order chi connectivity index (χ0) is 18.8. The van der Waals surface area contributed by atoms with E-state index in [1.54, 1.807) is 17.0 Å². The van der Waals surface area contributed by atoms with E-state index in [2.05, 4.69) is 0 Å². The third-order valence-electron chi connectivity index (χ3n) is 4.51. The molecule has 0 bridgehead atoms. The molecule has 1 amide bonds. The minimum absolute atomic E-state index is 0.00779. The van der Waals surface area contributed by atoms with Crippen LogP contribution in [0.3, 0.4) is 0 Å². The standard InChI is InChI=1S/C19H20ClN3O3/c1-13-10-14(2)12-15(11-13)19(24)22-8-6-21(7-9-22)18-16(20)4-3-5-17(18)23(25)26/h3-5,10-12H,6-9H2,1-2H3. The molecule has 2 aromatic carbocycles. The van der Waals surface area contributed by atoms with Gasteiger partial charge in [-0.05, 0) is 32.0 Å². The molecule has 2 aromatic rings. The van der Waals surface area contributed by atoms with Crippen molar-refractivity contribution >= 4 is 28.9 Å². The molecule has 0 aromatic heterocycles. The van der Waals surface area contributed by atoms with Crippen LogP contribution in [-0.2, 0) is 0 Å². The number of benzene rings is 2. The number of amides is 1. The van der Waals surface area contributed by atoms with Crippen molar-refractivity contribution < 1.29 is 9.72 Å². The van der Waals surface area contributed by atoms with E-state index in [9.17, 15) is 14.9 Å². The molecule has 0 unspecified atom stereocenters. The summed E-state index contributed by atoms with van der Waals surface area (Å²) in [5.41, 5.74) is 3.21. The molecular formula is C19H20ClN3O3. The molecule has 1 saturated heterocycles. The fourth-order valence-electron chi connectivity index (χ4n) is 3.38. The van der Waals surface area contributed by atoms with Gasteiger partial charge < -0.3 is 9.80 Å². The Morgan fingerprint density at radius 1 is 1.08 bits per heavy atom. The fraction of sp³-hybridized carbons (Fsp3) is 0.316. The zero-order valence-electron chi connectivity index (χ0n) is 14.7. The van der Waals surface area contributed by atoms with Gasteiger partial charge in [0, 0.05) is 37.8 Å². The van der Waals surface area contributed by atoms with Crippen LogP contribution in [0, 0.1) is 24.0 Å². The summed E-state index contributed by atoms with van der Waals surface area (Å²) in [6, 6.07) is 10.5. The highest BCUT2D eigenvalue weighted by atomic mass is 35.5. The van der Waals surface area contributed by atoms with Gasteiger partial charge in [-0.1, -0.05) is 34.9 Å². The maximum Gasteiger partial charge on any atom is 0.294 e. The van der Waals surface area contributed by atoms with Crippen LogP contribution in [0.5, 0.6) is 0 Å².